The van der Waals surface area contributed by atoms with E-state index in [0.717, 1.165) is 11.6 Å². The molecule has 3 aliphatic heterocycles. The van der Waals surface area contributed by atoms with E-state index in [-0.39, 0.29) is 0 Å². The quantitative estimate of drug-likeness (QED) is 0.154. The minimum atomic E-state index is -6.09. The van der Waals surface area contributed by atoms with Crippen molar-refractivity contribution < 1.29 is 35.1 Å². The maximum atomic E-state index is 10.7. The monoisotopic (exact) mass is 578 g/mol. The molecule has 0 N–H and O–H groups in total. The molecule has 2 aromatic heterocycles. The van der Waals surface area contributed by atoms with Gasteiger partial charge in [-0.05, 0) is 34.9 Å². The molecule has 0 radical (unpaired) electrons. The molecule has 2 aromatic carbocycles. The third-order valence-electron chi connectivity index (χ3n) is 9.29. The SMILES string of the molecule is O=S(=O)([O-])C(F)(F)F.c1ccc(-c2ccc3[n+](c2)[B-]2(C4CCCC2CCC4)[n+]2cc(-c4ccccc4)ccc2-3)cc1. The van der Waals surface area contributed by atoms with Crippen LogP contribution in [0.5, 0.6) is 0 Å². The van der Waals surface area contributed by atoms with Crippen molar-refractivity contribution in [2.24, 2.45) is 0 Å². The number of halogens is 3. The second kappa shape index (κ2) is 10.4. The first kappa shape index (κ1) is 27.7. The summed E-state index contributed by atoms with van der Waals surface area (Å²) in [6.45, 7) is 0. The van der Waals surface area contributed by atoms with Crippen molar-refractivity contribution >= 4 is 16.5 Å². The summed E-state index contributed by atoms with van der Waals surface area (Å²) < 4.78 is 64.4. The van der Waals surface area contributed by atoms with Crippen molar-refractivity contribution in [1.82, 2.24) is 0 Å². The number of hydrogen-bond donors (Lipinski definition) is 0. The Morgan fingerprint density at radius 2 is 1.00 bits per heavy atom. The van der Waals surface area contributed by atoms with E-state index in [1.165, 1.54) is 72.2 Å². The maximum Gasteiger partial charge on any atom is 0.553 e. The molecule has 0 saturated carbocycles. The average molecular weight is 578 g/mol. The van der Waals surface area contributed by atoms with Crippen molar-refractivity contribution in [2.45, 2.75) is 55.7 Å². The molecular formula is C31H30BF3N2O3S. The zero-order chi connectivity index (χ0) is 28.8. The van der Waals surface area contributed by atoms with Crippen LogP contribution in [0.4, 0.5) is 13.2 Å². The number of fused-ring (bicyclic) bond motifs is 3. The summed E-state index contributed by atoms with van der Waals surface area (Å²) in [4.78, 5) is 0. The Morgan fingerprint density at radius 3 is 1.34 bits per heavy atom. The highest BCUT2D eigenvalue weighted by Gasteiger charge is 2.68. The highest BCUT2D eigenvalue weighted by molar-refractivity contribution is 7.86. The number of aromatic nitrogens is 2. The zero-order valence-corrected chi connectivity index (χ0v) is 23.2. The molecule has 2 bridgehead atoms. The van der Waals surface area contributed by atoms with Gasteiger partial charge in [-0.3, -0.25) is 0 Å². The number of pyridine rings is 2. The third kappa shape index (κ3) is 4.76. The molecule has 0 amide bonds. The Morgan fingerprint density at radius 1 is 0.634 bits per heavy atom. The van der Waals surface area contributed by atoms with Crippen molar-refractivity contribution in [3.8, 4) is 33.6 Å². The van der Waals surface area contributed by atoms with Crippen LogP contribution in [0.2, 0.25) is 11.6 Å². The van der Waals surface area contributed by atoms with Crippen LogP contribution >= 0.6 is 0 Å². The van der Waals surface area contributed by atoms with E-state index in [1.807, 2.05) is 0 Å². The normalized spacial score (nSPS) is 20.5. The van der Waals surface area contributed by atoms with Crippen LogP contribution in [-0.4, -0.2) is 24.9 Å². The van der Waals surface area contributed by atoms with E-state index in [2.05, 4.69) is 106 Å². The first-order chi connectivity index (χ1) is 19.6. The van der Waals surface area contributed by atoms with Crippen molar-refractivity contribution in [1.29, 1.82) is 0 Å². The molecule has 2 saturated heterocycles. The second-order valence-corrected chi connectivity index (χ2v) is 12.7. The summed E-state index contributed by atoms with van der Waals surface area (Å²) in [5.74, 6) is 1.51. The number of nitrogens with zero attached hydrogens (tertiary/aromatic N) is 2. The van der Waals surface area contributed by atoms with Gasteiger partial charge in [-0.2, -0.15) is 13.2 Å². The van der Waals surface area contributed by atoms with Gasteiger partial charge in [0.05, 0.1) is 0 Å². The zero-order valence-electron chi connectivity index (χ0n) is 22.4. The van der Waals surface area contributed by atoms with Crippen molar-refractivity contribution in [2.75, 3.05) is 0 Å². The summed E-state index contributed by atoms with van der Waals surface area (Å²) >= 11 is 0. The second-order valence-electron chi connectivity index (χ2n) is 11.3. The molecular weight excluding hydrogens is 548 g/mol. The van der Waals surface area contributed by atoms with Crippen molar-refractivity contribution in [3.63, 3.8) is 0 Å². The summed E-state index contributed by atoms with van der Waals surface area (Å²) in [7, 11) is -6.09. The molecule has 3 aliphatic rings. The summed E-state index contributed by atoms with van der Waals surface area (Å²) in [6, 6.07) is 31.2. The number of benzene rings is 2. The predicted octanol–water partition coefficient (Wildman–Crippen LogP) is 6.57. The van der Waals surface area contributed by atoms with Gasteiger partial charge in [0.1, 0.15) is 12.4 Å². The Kier molecular flexibility index (Phi) is 7.02. The van der Waals surface area contributed by atoms with Gasteiger partial charge >= 0.3 is 11.9 Å². The van der Waals surface area contributed by atoms with Gasteiger partial charge in [-0.25, -0.2) is 8.42 Å². The Bertz CT molecular complexity index is 1570. The fourth-order valence-corrected chi connectivity index (χ4v) is 7.74. The molecule has 0 aliphatic carbocycles. The fraction of sp³-hybridized carbons (Fsp3) is 0.290. The lowest BCUT2D eigenvalue weighted by molar-refractivity contribution is -0.652. The molecule has 5 heterocycles. The Hall–Kier alpha value is -3.50. The minimum Gasteiger partial charge on any atom is -0.741 e. The maximum absolute atomic E-state index is 10.7. The molecule has 212 valence electrons. The lowest BCUT2D eigenvalue weighted by Gasteiger charge is -2.45. The van der Waals surface area contributed by atoms with Gasteiger partial charge in [-0.15, -0.1) is 0 Å². The Balaban J connectivity index is 0.000000334. The summed E-state index contributed by atoms with van der Waals surface area (Å²) in [5, 5.41) is 0. The van der Waals surface area contributed by atoms with Gasteiger partial charge in [0.15, 0.2) is 10.1 Å². The number of alkyl halides is 3. The molecule has 0 atom stereocenters. The van der Waals surface area contributed by atoms with E-state index < -0.39 is 22.0 Å². The van der Waals surface area contributed by atoms with Crippen molar-refractivity contribution in [3.05, 3.63) is 97.3 Å². The van der Waals surface area contributed by atoms with Gasteiger partial charge in [0, 0.05) is 23.3 Å². The van der Waals surface area contributed by atoms with Crippen LogP contribution in [-0.2, 0) is 10.1 Å². The largest absolute Gasteiger partial charge is 0.741 e. The van der Waals surface area contributed by atoms with Crippen LogP contribution in [0.1, 0.15) is 38.5 Å². The minimum absolute atomic E-state index is 0.754. The Labute approximate surface area is 238 Å². The van der Waals surface area contributed by atoms with E-state index in [9.17, 15) is 13.2 Å². The van der Waals surface area contributed by atoms with Crippen LogP contribution < -0.4 is 8.96 Å². The molecule has 41 heavy (non-hydrogen) atoms. The summed E-state index contributed by atoms with van der Waals surface area (Å²) in [6.07, 6.45) is 12.3. The predicted molar refractivity (Wildman–Crippen MR) is 151 cm³/mol. The fourth-order valence-electron chi connectivity index (χ4n) is 7.74. The average Bonchev–Trinajstić information content (AvgIpc) is 3.22. The molecule has 4 aromatic rings. The first-order valence-corrected chi connectivity index (χ1v) is 15.4. The van der Waals surface area contributed by atoms with E-state index in [4.69, 9.17) is 13.0 Å². The van der Waals surface area contributed by atoms with Crippen LogP contribution in [0, 0.1) is 0 Å². The smallest absolute Gasteiger partial charge is 0.553 e. The first-order valence-electron chi connectivity index (χ1n) is 14.0. The molecule has 10 heteroatoms. The lowest BCUT2D eigenvalue weighted by atomic mass is 9.24. The van der Waals surface area contributed by atoms with Crippen LogP contribution in [0.25, 0.3) is 33.6 Å². The van der Waals surface area contributed by atoms with E-state index in [0.29, 0.717) is 0 Å². The van der Waals surface area contributed by atoms with E-state index in [1.54, 1.807) is 0 Å². The van der Waals surface area contributed by atoms with Crippen LogP contribution in [0.15, 0.2) is 97.3 Å². The van der Waals surface area contributed by atoms with Gasteiger partial charge in [0.25, 0.3) is 0 Å². The topological polar surface area (TPSA) is 65.0 Å². The third-order valence-corrected chi connectivity index (χ3v) is 9.86. The molecule has 1 spiro atoms. The molecule has 2 fully saturated rings. The lowest BCUT2D eigenvalue weighted by Crippen LogP contribution is -2.84. The van der Waals surface area contributed by atoms with Gasteiger partial charge < -0.3 is 13.5 Å². The number of hydrogen-bond acceptors (Lipinski definition) is 3. The number of rotatable bonds is 2. The van der Waals surface area contributed by atoms with E-state index >= 15 is 0 Å². The van der Waals surface area contributed by atoms with Crippen LogP contribution in [0.3, 0.4) is 0 Å². The molecule has 5 nitrogen and oxygen atoms in total. The standard InChI is InChI=1S/C30H30BN2.CHF3O3S/c1-3-9-23(10-4-1)25-17-19-29-30-20-18-26(24-11-5-2-6-12-24)22-33(30)31(32(29)21-25)27-13-7-14-28(31)16-8-15-27;2-1(3,4)8(5,6)7/h1-6,9-12,17-22,27-28H,7-8,13-16H2;(H,5,6,7)/q+1;/p-1. The van der Waals surface area contributed by atoms with Gasteiger partial charge in [-0.1, -0.05) is 99.2 Å². The highest BCUT2D eigenvalue weighted by atomic mass is 32.2. The highest BCUT2D eigenvalue weighted by Crippen LogP contribution is 2.52. The molecule has 7 rings (SSSR count). The molecule has 0 unspecified atom stereocenters. The summed E-state index contributed by atoms with van der Waals surface area (Å²) in [5.41, 5.74) is 2.44. The van der Waals surface area contributed by atoms with Gasteiger partial charge in [0.2, 0.25) is 11.4 Å².